The minimum Gasteiger partial charge on any atom is -0.312 e. The molecule has 0 saturated heterocycles. The van der Waals surface area contributed by atoms with Crippen LogP contribution in [0.3, 0.4) is 0 Å². The Labute approximate surface area is 103 Å². The lowest BCUT2D eigenvalue weighted by molar-refractivity contribution is 0.661. The number of thioether (sulfide) groups is 1. The first kappa shape index (κ1) is 11.6. The van der Waals surface area contributed by atoms with E-state index in [1.54, 1.807) is 28.6 Å². The van der Waals surface area contributed by atoms with Crippen LogP contribution in [0, 0.1) is 0 Å². The Kier molecular flexibility index (Phi) is 4.33. The maximum absolute atomic E-state index is 4.02. The van der Waals surface area contributed by atoms with Gasteiger partial charge in [-0.1, -0.05) is 53.4 Å². The highest BCUT2D eigenvalue weighted by molar-refractivity contribution is 8.01. The molecule has 84 valence electrons. The van der Waals surface area contributed by atoms with Crippen molar-refractivity contribution in [2.75, 3.05) is 12.8 Å². The largest absolute Gasteiger partial charge is 0.312 e. The second-order valence-electron chi connectivity index (χ2n) is 3.27. The molecule has 1 aromatic carbocycles. The van der Waals surface area contributed by atoms with Crippen molar-refractivity contribution in [1.29, 1.82) is 0 Å². The van der Waals surface area contributed by atoms with Crippen LogP contribution in [0.1, 0.15) is 11.6 Å². The van der Waals surface area contributed by atoms with E-state index in [2.05, 4.69) is 39.8 Å². The van der Waals surface area contributed by atoms with E-state index < -0.39 is 0 Å². The molecular weight excluding hydrogens is 238 g/mol. The summed E-state index contributed by atoms with van der Waals surface area (Å²) in [6, 6.07) is 10.8. The Morgan fingerprint density at radius 1 is 1.38 bits per heavy atom. The van der Waals surface area contributed by atoms with E-state index in [9.17, 15) is 0 Å². The molecule has 1 atom stereocenters. The zero-order valence-corrected chi connectivity index (χ0v) is 10.6. The van der Waals surface area contributed by atoms with Crippen molar-refractivity contribution in [2.45, 2.75) is 10.4 Å². The van der Waals surface area contributed by atoms with Gasteiger partial charge in [0.25, 0.3) is 0 Å². The molecule has 0 radical (unpaired) electrons. The van der Waals surface area contributed by atoms with E-state index in [1.165, 1.54) is 5.56 Å². The molecule has 0 aliphatic heterocycles. The van der Waals surface area contributed by atoms with E-state index >= 15 is 0 Å². The normalized spacial score (nSPS) is 12.6. The maximum Gasteiger partial charge on any atom is 0.174 e. The van der Waals surface area contributed by atoms with Crippen LogP contribution in [0.2, 0.25) is 0 Å². The third-order valence-corrected chi connectivity index (χ3v) is 4.22. The van der Waals surface area contributed by atoms with Crippen LogP contribution >= 0.6 is 23.1 Å². The Morgan fingerprint density at radius 3 is 2.81 bits per heavy atom. The summed E-state index contributed by atoms with van der Waals surface area (Å²) in [6.45, 7) is 0. The summed E-state index contributed by atoms with van der Waals surface area (Å²) in [4.78, 5) is 0. The van der Waals surface area contributed by atoms with Crippen molar-refractivity contribution in [3.63, 3.8) is 0 Å². The van der Waals surface area contributed by atoms with Crippen LogP contribution < -0.4 is 5.32 Å². The van der Waals surface area contributed by atoms with Crippen LogP contribution in [0.4, 0.5) is 0 Å². The van der Waals surface area contributed by atoms with Crippen molar-refractivity contribution < 1.29 is 0 Å². The lowest BCUT2D eigenvalue weighted by Gasteiger charge is -2.15. The van der Waals surface area contributed by atoms with Crippen molar-refractivity contribution in [1.82, 2.24) is 15.5 Å². The van der Waals surface area contributed by atoms with Crippen molar-refractivity contribution >= 4 is 23.1 Å². The summed E-state index contributed by atoms with van der Waals surface area (Å²) < 4.78 is 1.02. The zero-order valence-electron chi connectivity index (χ0n) is 8.96. The Balaban J connectivity index is 1.96. The van der Waals surface area contributed by atoms with Crippen molar-refractivity contribution in [3.8, 4) is 0 Å². The van der Waals surface area contributed by atoms with E-state index in [4.69, 9.17) is 0 Å². The van der Waals surface area contributed by atoms with Crippen LogP contribution in [0.25, 0.3) is 0 Å². The number of rotatable bonds is 5. The Morgan fingerprint density at radius 2 is 2.19 bits per heavy atom. The summed E-state index contributed by atoms with van der Waals surface area (Å²) in [6.07, 6.45) is 0. The fourth-order valence-electron chi connectivity index (χ4n) is 1.41. The average molecular weight is 251 g/mol. The van der Waals surface area contributed by atoms with Gasteiger partial charge in [0, 0.05) is 11.8 Å². The van der Waals surface area contributed by atoms with Gasteiger partial charge in [-0.25, -0.2) is 0 Å². The predicted molar refractivity (Wildman–Crippen MR) is 68.9 cm³/mol. The maximum atomic E-state index is 4.02. The van der Waals surface area contributed by atoms with Crippen molar-refractivity contribution in [2.24, 2.45) is 0 Å². The van der Waals surface area contributed by atoms with E-state index in [1.807, 2.05) is 13.1 Å². The molecule has 3 nitrogen and oxygen atoms in total. The third-order valence-electron chi connectivity index (χ3n) is 2.26. The van der Waals surface area contributed by atoms with Crippen LogP contribution in [-0.4, -0.2) is 23.0 Å². The monoisotopic (exact) mass is 251 g/mol. The molecule has 2 aromatic rings. The SMILES string of the molecule is CNC(CSc1nncs1)c1ccccc1. The van der Waals surface area contributed by atoms with Gasteiger partial charge in [-0.05, 0) is 12.6 Å². The quantitative estimate of drug-likeness (QED) is 0.829. The number of hydrogen-bond donors (Lipinski definition) is 1. The highest BCUT2D eigenvalue weighted by Crippen LogP contribution is 2.25. The summed E-state index contributed by atoms with van der Waals surface area (Å²) in [7, 11) is 1.98. The number of hydrogen-bond acceptors (Lipinski definition) is 5. The van der Waals surface area contributed by atoms with Gasteiger partial charge in [0.2, 0.25) is 0 Å². The number of nitrogens with one attached hydrogen (secondary N) is 1. The molecule has 1 heterocycles. The number of nitrogens with zero attached hydrogens (tertiary/aromatic N) is 2. The van der Waals surface area contributed by atoms with E-state index in [-0.39, 0.29) is 0 Å². The van der Waals surface area contributed by atoms with Crippen LogP contribution in [0.5, 0.6) is 0 Å². The first-order valence-electron chi connectivity index (χ1n) is 5.01. The zero-order chi connectivity index (χ0) is 11.2. The molecule has 0 bridgehead atoms. The van der Waals surface area contributed by atoms with Gasteiger partial charge in [0.05, 0.1) is 0 Å². The second kappa shape index (κ2) is 5.98. The Hall–Kier alpha value is -0.910. The molecule has 1 N–H and O–H groups in total. The molecule has 0 spiro atoms. The average Bonchev–Trinajstić information content (AvgIpc) is 2.84. The molecule has 1 unspecified atom stereocenters. The fraction of sp³-hybridized carbons (Fsp3) is 0.273. The summed E-state index contributed by atoms with van der Waals surface area (Å²) in [5.74, 6) is 0.968. The molecule has 2 rings (SSSR count). The van der Waals surface area contributed by atoms with Gasteiger partial charge in [0.15, 0.2) is 4.34 Å². The molecule has 1 aromatic heterocycles. The molecular formula is C11H13N3S2. The number of benzene rings is 1. The first-order valence-corrected chi connectivity index (χ1v) is 6.88. The van der Waals surface area contributed by atoms with Gasteiger partial charge in [-0.2, -0.15) is 0 Å². The van der Waals surface area contributed by atoms with Crippen molar-refractivity contribution in [3.05, 3.63) is 41.4 Å². The lowest BCUT2D eigenvalue weighted by atomic mass is 10.1. The van der Waals surface area contributed by atoms with Gasteiger partial charge < -0.3 is 5.32 Å². The topological polar surface area (TPSA) is 37.8 Å². The highest BCUT2D eigenvalue weighted by Gasteiger charge is 2.09. The highest BCUT2D eigenvalue weighted by atomic mass is 32.2. The first-order chi connectivity index (χ1) is 7.90. The lowest BCUT2D eigenvalue weighted by Crippen LogP contribution is -2.18. The van der Waals surface area contributed by atoms with Gasteiger partial charge in [-0.15, -0.1) is 10.2 Å². The third kappa shape index (κ3) is 3.04. The predicted octanol–water partition coefficient (Wildman–Crippen LogP) is 2.59. The Bertz CT molecular complexity index is 402. The minimum absolute atomic E-state index is 0.357. The standard InChI is InChI=1S/C11H13N3S2/c1-12-10(9-5-3-2-4-6-9)7-15-11-14-13-8-16-11/h2-6,8,10,12H,7H2,1H3. The van der Waals surface area contributed by atoms with Crippen LogP contribution in [-0.2, 0) is 0 Å². The molecule has 16 heavy (non-hydrogen) atoms. The summed E-state index contributed by atoms with van der Waals surface area (Å²) in [5.41, 5.74) is 3.07. The summed E-state index contributed by atoms with van der Waals surface area (Å²) in [5, 5.41) is 11.2. The van der Waals surface area contributed by atoms with Crippen LogP contribution in [0.15, 0.2) is 40.2 Å². The summed E-state index contributed by atoms with van der Waals surface area (Å²) >= 11 is 3.32. The molecule has 0 saturated carbocycles. The van der Waals surface area contributed by atoms with Gasteiger partial charge >= 0.3 is 0 Å². The number of aromatic nitrogens is 2. The van der Waals surface area contributed by atoms with Gasteiger partial charge in [-0.3, -0.25) is 0 Å². The molecule has 0 aliphatic carbocycles. The fourth-order valence-corrected chi connectivity index (χ4v) is 3.07. The minimum atomic E-state index is 0.357. The molecule has 5 heteroatoms. The van der Waals surface area contributed by atoms with E-state index in [0.717, 1.165) is 10.1 Å². The smallest absolute Gasteiger partial charge is 0.174 e. The van der Waals surface area contributed by atoms with Gasteiger partial charge in [0.1, 0.15) is 5.51 Å². The molecule has 0 fully saturated rings. The molecule has 0 amide bonds. The van der Waals surface area contributed by atoms with E-state index in [0.29, 0.717) is 6.04 Å². The second-order valence-corrected chi connectivity index (χ2v) is 5.37. The molecule has 0 aliphatic rings.